The maximum absolute atomic E-state index is 4.36. The molecule has 0 aromatic heterocycles. The summed E-state index contributed by atoms with van der Waals surface area (Å²) in [7, 11) is 1.98. The van der Waals surface area contributed by atoms with Crippen molar-refractivity contribution in [2.75, 3.05) is 13.6 Å². The molecule has 1 heterocycles. The first-order chi connectivity index (χ1) is 5.24. The predicted molar refractivity (Wildman–Crippen MR) is 49.6 cm³/mol. The number of hydrogen-bond acceptors (Lipinski definition) is 4. The smallest absolute Gasteiger partial charge is 0.119 e. The van der Waals surface area contributed by atoms with Gasteiger partial charge in [0.25, 0.3) is 0 Å². The van der Waals surface area contributed by atoms with Crippen LogP contribution < -0.4 is 5.43 Å². The Morgan fingerprint density at radius 1 is 1.64 bits per heavy atom. The monoisotopic (exact) mass is 174 g/mol. The van der Waals surface area contributed by atoms with E-state index in [0.717, 1.165) is 6.54 Å². The lowest BCUT2D eigenvalue weighted by Crippen LogP contribution is -2.32. The van der Waals surface area contributed by atoms with E-state index >= 15 is 0 Å². The van der Waals surface area contributed by atoms with Crippen molar-refractivity contribution in [2.45, 2.75) is 25.3 Å². The van der Waals surface area contributed by atoms with Crippen molar-refractivity contribution in [1.82, 2.24) is 15.3 Å². The molecule has 1 aliphatic heterocycles. The summed E-state index contributed by atoms with van der Waals surface area (Å²) >= 11 is 4.36. The molecule has 1 saturated heterocycles. The summed E-state index contributed by atoms with van der Waals surface area (Å²) in [6.07, 6.45) is 2.46. The molecule has 3 nitrogen and oxygen atoms in total. The van der Waals surface area contributed by atoms with Gasteiger partial charge in [0.1, 0.15) is 12.2 Å². The molecule has 1 unspecified atom stereocenters. The topological polar surface area (TPSA) is 18.5 Å². The highest BCUT2D eigenvalue weighted by Gasteiger charge is 2.23. The zero-order valence-corrected chi connectivity index (χ0v) is 8.01. The van der Waals surface area contributed by atoms with Crippen LogP contribution in [0.15, 0.2) is 0 Å². The third-order valence-electron chi connectivity index (χ3n) is 1.72. The maximum atomic E-state index is 4.36. The summed E-state index contributed by atoms with van der Waals surface area (Å²) in [6.45, 7) is 5.33. The van der Waals surface area contributed by atoms with E-state index in [2.05, 4.69) is 29.9 Å². The fourth-order valence-corrected chi connectivity index (χ4v) is 1.45. The molecule has 1 fully saturated rings. The normalized spacial score (nSPS) is 28.1. The second kappa shape index (κ2) is 4.30. The van der Waals surface area contributed by atoms with Gasteiger partial charge in [-0.3, -0.25) is 4.90 Å². The number of nitrogens with one attached hydrogen (secondary N) is 1. The second-order valence-electron chi connectivity index (χ2n) is 2.82. The molecule has 1 atom stereocenters. The highest BCUT2D eigenvalue weighted by molar-refractivity contribution is 7.80. The lowest BCUT2D eigenvalue weighted by atomic mass is 10.3. The van der Waals surface area contributed by atoms with Gasteiger partial charge in [-0.15, -0.1) is 12.6 Å². The van der Waals surface area contributed by atoms with E-state index in [1.165, 1.54) is 12.8 Å². The molecule has 4 heteroatoms. The average molecular weight is 174 g/mol. The van der Waals surface area contributed by atoms with Crippen molar-refractivity contribution < 1.29 is 0 Å². The van der Waals surface area contributed by atoms with Crippen LogP contribution in [0.5, 0.6) is 0 Å². The Hall–Kier alpha value is 0.230. The van der Waals surface area contributed by atoms with Crippen LogP contribution in [0, 0.1) is 6.67 Å². The standard InChI is InChI=1S/C7H16N3S/c1-3-4-5-10-6-9(2)8-7(10)11/h6-8,11H,3-5H2,1-2H3. The van der Waals surface area contributed by atoms with Gasteiger partial charge >= 0.3 is 0 Å². The largest absolute Gasteiger partial charge is 0.259 e. The van der Waals surface area contributed by atoms with Crippen LogP contribution in [0.2, 0.25) is 0 Å². The number of hydrazine groups is 1. The molecule has 0 saturated carbocycles. The number of hydrogen-bond donors (Lipinski definition) is 2. The fourth-order valence-electron chi connectivity index (χ4n) is 1.10. The number of unbranched alkanes of at least 4 members (excludes halogenated alkanes) is 1. The molecular formula is C7H16N3S. The molecule has 0 aromatic carbocycles. The van der Waals surface area contributed by atoms with E-state index in [4.69, 9.17) is 0 Å². The van der Waals surface area contributed by atoms with Crippen LogP contribution in [-0.2, 0) is 0 Å². The number of nitrogens with zero attached hydrogens (tertiary/aromatic N) is 2. The lowest BCUT2D eigenvalue weighted by Gasteiger charge is -2.16. The van der Waals surface area contributed by atoms with Crippen LogP contribution in [0.1, 0.15) is 19.8 Å². The maximum Gasteiger partial charge on any atom is 0.119 e. The number of thiol groups is 1. The Bertz CT molecular complexity index is 120. The third-order valence-corrected chi connectivity index (χ3v) is 2.14. The molecule has 0 aromatic rings. The quantitative estimate of drug-likeness (QED) is 0.619. The first-order valence-electron chi connectivity index (χ1n) is 4.02. The molecule has 1 N–H and O–H groups in total. The summed E-state index contributed by atoms with van der Waals surface area (Å²) in [5.41, 5.74) is 3.30. The van der Waals surface area contributed by atoms with E-state index < -0.39 is 0 Å². The zero-order valence-electron chi connectivity index (χ0n) is 7.12. The molecule has 0 aliphatic carbocycles. The van der Waals surface area contributed by atoms with E-state index in [9.17, 15) is 0 Å². The number of rotatable bonds is 3. The minimum atomic E-state index is 0.159. The summed E-state index contributed by atoms with van der Waals surface area (Å²) in [4.78, 5) is 2.19. The van der Waals surface area contributed by atoms with Gasteiger partial charge in [-0.2, -0.15) is 0 Å². The Labute approximate surface area is 74.1 Å². The van der Waals surface area contributed by atoms with Gasteiger partial charge < -0.3 is 0 Å². The van der Waals surface area contributed by atoms with Crippen LogP contribution in [0.4, 0.5) is 0 Å². The Kier molecular flexibility index (Phi) is 3.65. The summed E-state index contributed by atoms with van der Waals surface area (Å²) < 4.78 is 0. The molecule has 0 bridgehead atoms. The van der Waals surface area contributed by atoms with Crippen molar-refractivity contribution in [2.24, 2.45) is 0 Å². The van der Waals surface area contributed by atoms with E-state index in [1.54, 1.807) is 0 Å². The summed E-state index contributed by atoms with van der Waals surface area (Å²) in [5.74, 6) is 0. The highest BCUT2D eigenvalue weighted by atomic mass is 32.1. The van der Waals surface area contributed by atoms with Gasteiger partial charge in [-0.05, 0) is 6.42 Å². The van der Waals surface area contributed by atoms with Gasteiger partial charge in [-0.25, -0.2) is 10.4 Å². The van der Waals surface area contributed by atoms with Gasteiger partial charge in [-0.1, -0.05) is 13.3 Å². The molecule has 11 heavy (non-hydrogen) atoms. The minimum absolute atomic E-state index is 0.159. The van der Waals surface area contributed by atoms with Crippen molar-refractivity contribution in [3.8, 4) is 0 Å². The van der Waals surface area contributed by atoms with Gasteiger partial charge in [0, 0.05) is 13.6 Å². The van der Waals surface area contributed by atoms with Crippen molar-refractivity contribution in [1.29, 1.82) is 0 Å². The summed E-state index contributed by atoms with van der Waals surface area (Å²) in [6, 6.07) is 0. The lowest BCUT2D eigenvalue weighted by molar-refractivity contribution is 0.334. The van der Waals surface area contributed by atoms with Gasteiger partial charge in [0.2, 0.25) is 0 Å². The van der Waals surface area contributed by atoms with E-state index in [-0.39, 0.29) is 5.50 Å². The molecule has 0 amide bonds. The molecule has 1 aliphatic rings. The first-order valence-corrected chi connectivity index (χ1v) is 4.53. The van der Waals surface area contributed by atoms with Crippen molar-refractivity contribution in [3.63, 3.8) is 0 Å². The van der Waals surface area contributed by atoms with Crippen LogP contribution in [-0.4, -0.2) is 29.0 Å². The molecule has 1 radical (unpaired) electrons. The fraction of sp³-hybridized carbons (Fsp3) is 0.857. The van der Waals surface area contributed by atoms with E-state index in [0.29, 0.717) is 0 Å². The SMILES string of the molecule is CCCCN1[CH]N(C)NC1S. The van der Waals surface area contributed by atoms with Crippen LogP contribution in [0.3, 0.4) is 0 Å². The second-order valence-corrected chi connectivity index (χ2v) is 3.31. The van der Waals surface area contributed by atoms with Gasteiger partial charge in [0.15, 0.2) is 0 Å². The average Bonchev–Trinajstić information content (AvgIpc) is 2.26. The predicted octanol–water partition coefficient (Wildman–Crippen LogP) is 0.871. The van der Waals surface area contributed by atoms with Crippen molar-refractivity contribution in [3.05, 3.63) is 6.67 Å². The Morgan fingerprint density at radius 3 is 2.82 bits per heavy atom. The highest BCUT2D eigenvalue weighted by Crippen LogP contribution is 2.13. The third kappa shape index (κ3) is 2.63. The molecular weight excluding hydrogens is 158 g/mol. The molecule has 65 valence electrons. The van der Waals surface area contributed by atoms with Crippen LogP contribution >= 0.6 is 12.6 Å². The Balaban J connectivity index is 2.23. The van der Waals surface area contributed by atoms with Gasteiger partial charge in [0.05, 0.1) is 0 Å². The van der Waals surface area contributed by atoms with Crippen LogP contribution in [0.25, 0.3) is 0 Å². The zero-order chi connectivity index (χ0) is 8.27. The van der Waals surface area contributed by atoms with Crippen molar-refractivity contribution >= 4 is 12.6 Å². The Morgan fingerprint density at radius 2 is 2.36 bits per heavy atom. The molecule has 1 rings (SSSR count). The molecule has 0 spiro atoms. The first kappa shape index (κ1) is 9.32. The minimum Gasteiger partial charge on any atom is -0.259 e. The van der Waals surface area contributed by atoms with E-state index in [1.807, 2.05) is 18.7 Å². The summed E-state index contributed by atoms with van der Waals surface area (Å²) in [5, 5.41) is 1.94.